The van der Waals surface area contributed by atoms with Crippen molar-refractivity contribution in [3.05, 3.63) is 65.1 Å². The van der Waals surface area contributed by atoms with Gasteiger partial charge >= 0.3 is 5.97 Å². The van der Waals surface area contributed by atoms with Gasteiger partial charge in [0.15, 0.2) is 5.82 Å². The Morgan fingerprint density at radius 1 is 1.35 bits per heavy atom. The summed E-state index contributed by atoms with van der Waals surface area (Å²) in [6.45, 7) is 5.64. The SMILES string of the molecule is C=CCn1c(=O)c(C(=O)OCC)c(N)c2cnc(-c3ccccc3)nc21. The third-order valence-electron chi connectivity index (χ3n) is 3.87. The summed E-state index contributed by atoms with van der Waals surface area (Å²) >= 11 is 0. The summed E-state index contributed by atoms with van der Waals surface area (Å²) in [6.07, 6.45) is 3.07. The second-order valence-corrected chi connectivity index (χ2v) is 5.51. The molecule has 2 N–H and O–H groups in total. The normalized spacial score (nSPS) is 10.7. The number of esters is 1. The molecule has 2 heterocycles. The predicted octanol–water partition coefficient (Wildman–Crippen LogP) is 2.40. The van der Waals surface area contributed by atoms with Crippen LogP contribution in [0.2, 0.25) is 0 Å². The zero-order chi connectivity index (χ0) is 18.7. The van der Waals surface area contributed by atoms with Crippen LogP contribution in [-0.4, -0.2) is 27.1 Å². The highest BCUT2D eigenvalue weighted by molar-refractivity contribution is 6.03. The molecule has 0 saturated heterocycles. The number of anilines is 1. The molecule has 1 aromatic carbocycles. The fourth-order valence-corrected chi connectivity index (χ4v) is 2.67. The lowest BCUT2D eigenvalue weighted by molar-refractivity contribution is 0.0525. The van der Waals surface area contributed by atoms with Crippen LogP contribution in [0.1, 0.15) is 17.3 Å². The molecule has 3 aromatic rings. The number of hydrogen-bond donors (Lipinski definition) is 1. The van der Waals surface area contributed by atoms with Gasteiger partial charge in [0.2, 0.25) is 0 Å². The molecule has 0 amide bonds. The summed E-state index contributed by atoms with van der Waals surface area (Å²) in [5, 5.41) is 0.411. The highest BCUT2D eigenvalue weighted by atomic mass is 16.5. The first-order chi connectivity index (χ1) is 12.6. The number of carbonyl (C=O) groups excluding carboxylic acids is 1. The average Bonchev–Trinajstić information content (AvgIpc) is 2.66. The minimum absolute atomic E-state index is 0.0170. The number of nitrogens with two attached hydrogens (primary N) is 1. The smallest absolute Gasteiger partial charge is 0.345 e. The standard InChI is InChI=1S/C19H18N4O3/c1-3-10-23-17-13(15(20)14(18(23)24)19(25)26-4-2)11-21-16(22-17)12-8-6-5-7-9-12/h3,5-9,11H,1,4,10,20H2,2H3. The number of benzene rings is 1. The van der Waals surface area contributed by atoms with Crippen LogP contribution in [0.25, 0.3) is 22.4 Å². The van der Waals surface area contributed by atoms with E-state index in [1.165, 1.54) is 10.8 Å². The van der Waals surface area contributed by atoms with Gasteiger partial charge in [0, 0.05) is 18.3 Å². The van der Waals surface area contributed by atoms with Crippen molar-refractivity contribution in [3.63, 3.8) is 0 Å². The van der Waals surface area contributed by atoms with Crippen LogP contribution in [0.15, 0.2) is 54.0 Å². The van der Waals surface area contributed by atoms with E-state index in [0.29, 0.717) is 16.9 Å². The number of aromatic nitrogens is 3. The van der Waals surface area contributed by atoms with E-state index in [-0.39, 0.29) is 24.4 Å². The molecule has 7 heteroatoms. The lowest BCUT2D eigenvalue weighted by Crippen LogP contribution is -2.30. The Labute approximate surface area is 149 Å². The minimum Gasteiger partial charge on any atom is -0.462 e. The second kappa shape index (κ2) is 7.18. The molecule has 0 spiro atoms. The Bertz CT molecular complexity index is 1040. The first-order valence-electron chi connectivity index (χ1n) is 8.11. The number of pyridine rings is 1. The minimum atomic E-state index is -0.762. The van der Waals surface area contributed by atoms with Crippen LogP contribution in [-0.2, 0) is 11.3 Å². The molecule has 132 valence electrons. The number of rotatable bonds is 5. The third kappa shape index (κ3) is 2.95. The quantitative estimate of drug-likeness (QED) is 0.560. The van der Waals surface area contributed by atoms with Crippen molar-refractivity contribution in [2.45, 2.75) is 13.5 Å². The molecular formula is C19H18N4O3. The largest absolute Gasteiger partial charge is 0.462 e. The summed E-state index contributed by atoms with van der Waals surface area (Å²) in [6, 6.07) is 9.37. The maximum Gasteiger partial charge on any atom is 0.345 e. The fourth-order valence-electron chi connectivity index (χ4n) is 2.67. The summed E-state index contributed by atoms with van der Waals surface area (Å²) in [5.74, 6) is -0.305. The summed E-state index contributed by atoms with van der Waals surface area (Å²) in [4.78, 5) is 33.9. The van der Waals surface area contributed by atoms with Gasteiger partial charge in [-0.25, -0.2) is 14.8 Å². The molecule has 0 fully saturated rings. The van der Waals surface area contributed by atoms with Gasteiger partial charge in [0.25, 0.3) is 5.56 Å². The first-order valence-corrected chi connectivity index (χ1v) is 8.11. The Kier molecular flexibility index (Phi) is 4.79. The maximum absolute atomic E-state index is 12.8. The van der Waals surface area contributed by atoms with Crippen LogP contribution in [0.3, 0.4) is 0 Å². The van der Waals surface area contributed by atoms with Gasteiger partial charge in [-0.1, -0.05) is 36.4 Å². The van der Waals surface area contributed by atoms with E-state index >= 15 is 0 Å². The van der Waals surface area contributed by atoms with Gasteiger partial charge in [-0.2, -0.15) is 0 Å². The van der Waals surface area contributed by atoms with Gasteiger partial charge < -0.3 is 10.5 Å². The van der Waals surface area contributed by atoms with Crippen molar-refractivity contribution in [2.75, 3.05) is 12.3 Å². The lowest BCUT2D eigenvalue weighted by Gasteiger charge is -2.14. The fraction of sp³-hybridized carbons (Fsp3) is 0.158. The van der Waals surface area contributed by atoms with E-state index < -0.39 is 11.5 Å². The van der Waals surface area contributed by atoms with E-state index in [9.17, 15) is 9.59 Å². The van der Waals surface area contributed by atoms with Crippen molar-refractivity contribution < 1.29 is 9.53 Å². The lowest BCUT2D eigenvalue weighted by atomic mass is 10.1. The van der Waals surface area contributed by atoms with Crippen LogP contribution >= 0.6 is 0 Å². The van der Waals surface area contributed by atoms with Crippen LogP contribution in [0.4, 0.5) is 5.69 Å². The molecule has 26 heavy (non-hydrogen) atoms. The molecule has 7 nitrogen and oxygen atoms in total. The maximum atomic E-state index is 12.8. The molecule has 0 radical (unpaired) electrons. The number of ether oxygens (including phenoxy) is 1. The van der Waals surface area contributed by atoms with Gasteiger partial charge in [-0.15, -0.1) is 6.58 Å². The number of fused-ring (bicyclic) bond motifs is 1. The van der Waals surface area contributed by atoms with E-state index in [4.69, 9.17) is 10.5 Å². The third-order valence-corrected chi connectivity index (χ3v) is 3.87. The van der Waals surface area contributed by atoms with Crippen molar-refractivity contribution in [1.82, 2.24) is 14.5 Å². The number of nitrogen functional groups attached to an aromatic ring is 1. The molecule has 3 rings (SSSR count). The number of carbonyl (C=O) groups is 1. The van der Waals surface area contributed by atoms with Crippen LogP contribution in [0.5, 0.6) is 0 Å². The monoisotopic (exact) mass is 350 g/mol. The highest BCUT2D eigenvalue weighted by Crippen LogP contribution is 2.24. The van der Waals surface area contributed by atoms with Crippen LogP contribution < -0.4 is 11.3 Å². The molecule has 0 unspecified atom stereocenters. The van der Waals surface area contributed by atoms with Gasteiger partial charge in [0.1, 0.15) is 11.2 Å². The molecule has 2 aromatic heterocycles. The first kappa shape index (κ1) is 17.3. The van der Waals surface area contributed by atoms with E-state index in [2.05, 4.69) is 16.5 Å². The Morgan fingerprint density at radius 3 is 2.73 bits per heavy atom. The van der Waals surface area contributed by atoms with Gasteiger partial charge in [-0.3, -0.25) is 9.36 Å². The molecular weight excluding hydrogens is 332 g/mol. The van der Waals surface area contributed by atoms with Gasteiger partial charge in [-0.05, 0) is 6.92 Å². The molecule has 0 atom stereocenters. The Balaban J connectivity index is 2.32. The van der Waals surface area contributed by atoms with Crippen molar-refractivity contribution >= 4 is 22.7 Å². The van der Waals surface area contributed by atoms with E-state index in [1.807, 2.05) is 30.3 Å². The zero-order valence-electron chi connectivity index (χ0n) is 14.3. The van der Waals surface area contributed by atoms with E-state index in [1.54, 1.807) is 13.0 Å². The number of nitrogens with zero attached hydrogens (tertiary/aromatic N) is 3. The van der Waals surface area contributed by atoms with Gasteiger partial charge in [0.05, 0.1) is 17.7 Å². The topological polar surface area (TPSA) is 100 Å². The molecule has 0 aliphatic rings. The summed E-state index contributed by atoms with van der Waals surface area (Å²) in [5.41, 5.74) is 6.47. The summed E-state index contributed by atoms with van der Waals surface area (Å²) < 4.78 is 6.31. The molecule has 0 bridgehead atoms. The zero-order valence-corrected chi connectivity index (χ0v) is 14.3. The molecule has 0 aliphatic heterocycles. The predicted molar refractivity (Wildman–Crippen MR) is 99.8 cm³/mol. The number of allylic oxidation sites excluding steroid dienone is 1. The highest BCUT2D eigenvalue weighted by Gasteiger charge is 2.23. The van der Waals surface area contributed by atoms with Crippen molar-refractivity contribution in [1.29, 1.82) is 0 Å². The van der Waals surface area contributed by atoms with E-state index in [0.717, 1.165) is 5.56 Å². The second-order valence-electron chi connectivity index (χ2n) is 5.51. The summed E-state index contributed by atoms with van der Waals surface area (Å²) in [7, 11) is 0. The van der Waals surface area contributed by atoms with Crippen molar-refractivity contribution in [3.8, 4) is 11.4 Å². The Morgan fingerprint density at radius 2 is 2.08 bits per heavy atom. The number of hydrogen-bond acceptors (Lipinski definition) is 6. The van der Waals surface area contributed by atoms with Crippen molar-refractivity contribution in [2.24, 2.45) is 0 Å². The molecule has 0 aliphatic carbocycles. The molecule has 0 saturated carbocycles. The Hall–Kier alpha value is -3.48. The average molecular weight is 350 g/mol. The van der Waals surface area contributed by atoms with Crippen LogP contribution in [0, 0.1) is 0 Å².